The normalized spacial score (nSPS) is 20.5. The van der Waals surface area contributed by atoms with Crippen LogP contribution in [0.4, 0.5) is 14.6 Å². The van der Waals surface area contributed by atoms with Gasteiger partial charge in [0, 0.05) is 31.6 Å². The zero-order valence-corrected chi connectivity index (χ0v) is 17.3. The fourth-order valence-corrected chi connectivity index (χ4v) is 4.40. The van der Waals surface area contributed by atoms with E-state index in [4.69, 9.17) is 0 Å². The molecular weight excluding hydrogens is 420 g/mol. The summed E-state index contributed by atoms with van der Waals surface area (Å²) in [6, 6.07) is 4.00. The van der Waals surface area contributed by atoms with E-state index in [0.29, 0.717) is 43.9 Å². The highest BCUT2D eigenvalue weighted by Crippen LogP contribution is 2.32. The Hall–Kier alpha value is -3.63. The number of hydrogen-bond acceptors (Lipinski definition) is 5. The zero-order valence-electron chi connectivity index (χ0n) is 17.3. The topological polar surface area (TPSA) is 97.9 Å². The van der Waals surface area contributed by atoms with Crippen molar-refractivity contribution in [3.05, 3.63) is 59.3 Å². The third kappa shape index (κ3) is 3.33. The second-order valence-corrected chi connectivity index (χ2v) is 7.96. The molecule has 1 N–H and O–H groups in total. The minimum absolute atomic E-state index is 0.0831. The van der Waals surface area contributed by atoms with Crippen molar-refractivity contribution in [2.45, 2.75) is 44.3 Å². The van der Waals surface area contributed by atoms with Gasteiger partial charge in [0.1, 0.15) is 29.3 Å². The van der Waals surface area contributed by atoms with E-state index in [0.717, 1.165) is 0 Å². The Labute approximate surface area is 182 Å². The van der Waals surface area contributed by atoms with E-state index >= 15 is 0 Å². The van der Waals surface area contributed by atoms with Crippen molar-refractivity contribution in [1.29, 1.82) is 0 Å². The molecule has 1 unspecified atom stereocenters. The highest BCUT2D eigenvalue weighted by atomic mass is 19.1. The number of likely N-dealkylation sites (N-methyl/N-ethyl adjacent to an activating group) is 1. The molecule has 0 fully saturated rings. The molecule has 32 heavy (non-hydrogen) atoms. The Morgan fingerprint density at radius 3 is 2.75 bits per heavy atom. The van der Waals surface area contributed by atoms with E-state index in [1.807, 2.05) is 0 Å². The molecule has 2 amide bonds. The summed E-state index contributed by atoms with van der Waals surface area (Å²) in [7, 11) is 1.63. The Morgan fingerprint density at radius 1 is 1.19 bits per heavy atom. The molecule has 0 bridgehead atoms. The van der Waals surface area contributed by atoms with Crippen molar-refractivity contribution in [3.8, 4) is 0 Å². The Morgan fingerprint density at radius 2 is 1.97 bits per heavy atom. The lowest BCUT2D eigenvalue weighted by atomic mass is 9.97. The molecule has 1 aromatic carbocycles. The number of halogens is 2. The molecule has 11 heteroatoms. The molecule has 2 atom stereocenters. The van der Waals surface area contributed by atoms with Crippen molar-refractivity contribution in [2.24, 2.45) is 0 Å². The number of aryl methyl sites for hydroxylation is 2. The minimum Gasteiger partial charge on any atom is -0.337 e. The molecule has 9 nitrogen and oxygen atoms in total. The van der Waals surface area contributed by atoms with E-state index in [1.165, 1.54) is 27.8 Å². The largest absolute Gasteiger partial charge is 0.337 e. The van der Waals surface area contributed by atoms with Crippen LogP contribution >= 0.6 is 0 Å². The first-order chi connectivity index (χ1) is 15.4. The van der Waals surface area contributed by atoms with Gasteiger partial charge in [-0.2, -0.15) is 5.10 Å². The summed E-state index contributed by atoms with van der Waals surface area (Å²) >= 11 is 0. The number of amides is 2. The number of fused-ring (bicyclic) bond motifs is 2. The quantitative estimate of drug-likeness (QED) is 0.669. The van der Waals surface area contributed by atoms with E-state index < -0.39 is 29.6 Å². The van der Waals surface area contributed by atoms with Gasteiger partial charge in [-0.15, -0.1) is 5.10 Å². The van der Waals surface area contributed by atoms with Crippen LogP contribution in [0.2, 0.25) is 0 Å². The monoisotopic (exact) mass is 441 g/mol. The molecule has 2 aliphatic heterocycles. The number of hydrogen-bond donors (Lipinski definition) is 1. The maximum Gasteiger partial charge on any atom is 0.291 e. The molecule has 0 spiro atoms. The second kappa shape index (κ2) is 7.81. The van der Waals surface area contributed by atoms with Crippen LogP contribution in [-0.4, -0.2) is 49.4 Å². The number of nitrogens with zero attached hydrogens (tertiary/aromatic N) is 6. The molecule has 0 saturated carbocycles. The standard InChI is InChI=1S/C21H21F2N7O2/c1-28-17-8-10-24-29(17)11-9-14(21(28)32)25-20(31)19-26-16-7-3-6-15(30(16)27-19)18-12(22)4-2-5-13(18)23/h2,4-5,8,10,14-15H,3,6-7,9,11H2,1H3,(H,25,31)/t14?,15-/m0/s1. The maximum absolute atomic E-state index is 14.4. The van der Waals surface area contributed by atoms with Gasteiger partial charge in [-0.05, 0) is 31.4 Å². The van der Waals surface area contributed by atoms with E-state index in [9.17, 15) is 18.4 Å². The van der Waals surface area contributed by atoms with Crippen molar-refractivity contribution >= 4 is 17.6 Å². The molecule has 0 aliphatic carbocycles. The first-order valence-electron chi connectivity index (χ1n) is 10.4. The van der Waals surface area contributed by atoms with Gasteiger partial charge in [0.2, 0.25) is 5.82 Å². The van der Waals surface area contributed by atoms with Crippen molar-refractivity contribution in [2.75, 3.05) is 11.9 Å². The van der Waals surface area contributed by atoms with Crippen LogP contribution in [0.1, 0.15) is 47.3 Å². The summed E-state index contributed by atoms with van der Waals surface area (Å²) in [4.78, 5) is 31.5. The summed E-state index contributed by atoms with van der Waals surface area (Å²) in [5, 5.41) is 11.2. The van der Waals surface area contributed by atoms with Crippen molar-refractivity contribution in [3.63, 3.8) is 0 Å². The molecule has 2 aromatic heterocycles. The average Bonchev–Trinajstić information content (AvgIpc) is 3.40. The molecule has 0 saturated heterocycles. The predicted octanol–water partition coefficient (Wildman–Crippen LogP) is 1.84. The number of anilines is 1. The molecular formula is C21H21F2N7O2. The fraction of sp³-hybridized carbons (Fsp3) is 0.381. The number of rotatable bonds is 3. The molecule has 0 radical (unpaired) electrons. The third-order valence-electron chi connectivity index (χ3n) is 6.01. The van der Waals surface area contributed by atoms with Crippen LogP contribution < -0.4 is 10.2 Å². The van der Waals surface area contributed by atoms with E-state index in [1.54, 1.807) is 24.0 Å². The van der Waals surface area contributed by atoms with Crippen LogP contribution in [0, 0.1) is 11.6 Å². The van der Waals surface area contributed by atoms with Crippen molar-refractivity contribution < 1.29 is 18.4 Å². The molecule has 166 valence electrons. The van der Waals surface area contributed by atoms with Crippen molar-refractivity contribution in [1.82, 2.24) is 29.9 Å². The van der Waals surface area contributed by atoms with E-state index in [2.05, 4.69) is 20.5 Å². The van der Waals surface area contributed by atoms with Crippen LogP contribution in [-0.2, 0) is 17.8 Å². The highest BCUT2D eigenvalue weighted by molar-refractivity contribution is 6.00. The summed E-state index contributed by atoms with van der Waals surface area (Å²) in [5.74, 6) is -1.18. The van der Waals surface area contributed by atoms with Crippen LogP contribution in [0.3, 0.4) is 0 Å². The van der Waals surface area contributed by atoms with Crippen LogP contribution in [0.25, 0.3) is 0 Å². The Bertz CT molecular complexity index is 1180. The van der Waals surface area contributed by atoms with Crippen LogP contribution in [0.15, 0.2) is 30.5 Å². The van der Waals surface area contributed by atoms with Gasteiger partial charge in [-0.3, -0.25) is 14.5 Å². The number of carbonyl (C=O) groups is 2. The third-order valence-corrected chi connectivity index (χ3v) is 6.01. The van der Waals surface area contributed by atoms with Gasteiger partial charge in [0.05, 0.1) is 12.2 Å². The van der Waals surface area contributed by atoms with E-state index in [-0.39, 0.29) is 17.3 Å². The lowest BCUT2D eigenvalue weighted by molar-refractivity contribution is -0.120. The zero-order chi connectivity index (χ0) is 22.4. The molecule has 5 rings (SSSR count). The molecule has 3 aromatic rings. The number of carbonyl (C=O) groups excluding carboxylic acids is 2. The maximum atomic E-state index is 14.4. The van der Waals surface area contributed by atoms with Gasteiger partial charge in [-0.25, -0.2) is 23.1 Å². The number of aromatic nitrogens is 5. The second-order valence-electron chi connectivity index (χ2n) is 7.96. The summed E-state index contributed by atoms with van der Waals surface area (Å²) < 4.78 is 31.9. The van der Waals surface area contributed by atoms with Gasteiger partial charge < -0.3 is 5.32 Å². The molecule has 2 aliphatic rings. The minimum atomic E-state index is -0.769. The van der Waals surface area contributed by atoms with Crippen LogP contribution in [0.5, 0.6) is 0 Å². The Balaban J connectivity index is 1.39. The lowest BCUT2D eigenvalue weighted by Crippen LogP contribution is -2.47. The fourth-order valence-electron chi connectivity index (χ4n) is 4.40. The van der Waals surface area contributed by atoms with Gasteiger partial charge in [0.25, 0.3) is 11.8 Å². The first kappa shape index (κ1) is 20.3. The summed E-state index contributed by atoms with van der Waals surface area (Å²) in [6.45, 7) is 0.463. The predicted molar refractivity (Wildman–Crippen MR) is 109 cm³/mol. The first-order valence-corrected chi connectivity index (χ1v) is 10.4. The number of benzene rings is 1. The molecule has 4 heterocycles. The smallest absolute Gasteiger partial charge is 0.291 e. The average molecular weight is 441 g/mol. The highest BCUT2D eigenvalue weighted by Gasteiger charge is 2.33. The van der Waals surface area contributed by atoms with Gasteiger partial charge in [-0.1, -0.05) is 6.07 Å². The Kier molecular flexibility index (Phi) is 4.95. The van der Waals surface area contributed by atoms with Gasteiger partial charge >= 0.3 is 0 Å². The number of nitrogens with one attached hydrogen (secondary N) is 1. The summed E-state index contributed by atoms with van der Waals surface area (Å²) in [6.07, 6.45) is 3.66. The summed E-state index contributed by atoms with van der Waals surface area (Å²) in [5.41, 5.74) is -0.0831. The lowest BCUT2D eigenvalue weighted by Gasteiger charge is -2.24. The van der Waals surface area contributed by atoms with Gasteiger partial charge in [0.15, 0.2) is 0 Å². The SMILES string of the molecule is CN1C(=O)C(NC(=O)c2nc3n(n2)[C@H](c2c(F)cccc2F)CCC3)CCn2nccc21.